The van der Waals surface area contributed by atoms with Crippen molar-refractivity contribution in [2.75, 3.05) is 6.79 Å². The molecule has 6 heteroatoms. The highest BCUT2D eigenvalue weighted by Gasteiger charge is 2.23. The molecule has 0 aliphatic carbocycles. The summed E-state index contributed by atoms with van der Waals surface area (Å²) in [7, 11) is -3.61. The monoisotopic (exact) mass is 391 g/mol. The van der Waals surface area contributed by atoms with Gasteiger partial charge in [-0.3, -0.25) is 0 Å². The van der Waals surface area contributed by atoms with E-state index in [1.807, 2.05) is 53.1 Å². The van der Waals surface area contributed by atoms with Gasteiger partial charge in [-0.2, -0.15) is 0 Å². The second-order valence-corrected chi connectivity index (χ2v) is 8.56. The lowest BCUT2D eigenvalue weighted by Crippen LogP contribution is -2.02. The summed E-state index contributed by atoms with van der Waals surface area (Å²) in [5, 5.41) is 0.715. The highest BCUT2D eigenvalue weighted by molar-refractivity contribution is 7.91. The number of hydrogen-bond donors (Lipinski definition) is 0. The molecule has 5 nitrogen and oxygen atoms in total. The highest BCUT2D eigenvalue weighted by Crippen LogP contribution is 2.34. The van der Waals surface area contributed by atoms with E-state index in [4.69, 9.17) is 9.47 Å². The third-order valence-electron chi connectivity index (χ3n) is 4.88. The van der Waals surface area contributed by atoms with E-state index in [0.29, 0.717) is 27.5 Å². The molecule has 0 bridgehead atoms. The summed E-state index contributed by atoms with van der Waals surface area (Å²) in [5.41, 5.74) is 1.88. The minimum atomic E-state index is -3.61. The van der Waals surface area contributed by atoms with Crippen LogP contribution in [0.3, 0.4) is 0 Å². The lowest BCUT2D eigenvalue weighted by atomic mass is 10.2. The van der Waals surface area contributed by atoms with Crippen LogP contribution < -0.4 is 9.47 Å². The Morgan fingerprint density at radius 3 is 2.46 bits per heavy atom. The number of nitrogens with zero attached hydrogens (tertiary/aromatic N) is 1. The van der Waals surface area contributed by atoms with Crippen molar-refractivity contribution in [3.63, 3.8) is 0 Å². The topological polar surface area (TPSA) is 57.5 Å². The summed E-state index contributed by atoms with van der Waals surface area (Å²) in [4.78, 5) is 0.607. The summed E-state index contributed by atoms with van der Waals surface area (Å²) < 4.78 is 39.2. The minimum Gasteiger partial charge on any atom is -0.454 e. The Morgan fingerprint density at radius 2 is 1.61 bits per heavy atom. The standard InChI is InChI=1S/C22H17NO4S/c24-28(25,17-6-2-1-3-7-17)22-14-23(19-9-5-4-8-18(19)22)13-16-10-11-20-21(12-16)27-15-26-20/h1-12,14H,13,15H2. The summed E-state index contributed by atoms with van der Waals surface area (Å²) in [6.07, 6.45) is 1.72. The fourth-order valence-corrected chi connectivity index (χ4v) is 5.02. The number of rotatable bonds is 4. The first kappa shape index (κ1) is 16.9. The molecule has 0 radical (unpaired) electrons. The second kappa shape index (κ2) is 6.42. The van der Waals surface area contributed by atoms with Gasteiger partial charge in [0.25, 0.3) is 0 Å². The predicted molar refractivity (Wildman–Crippen MR) is 105 cm³/mol. The summed E-state index contributed by atoms with van der Waals surface area (Å²) in [6.45, 7) is 0.756. The zero-order valence-electron chi connectivity index (χ0n) is 14.9. The first-order chi connectivity index (χ1) is 13.6. The molecule has 28 heavy (non-hydrogen) atoms. The Balaban J connectivity index is 1.62. The van der Waals surface area contributed by atoms with Crippen LogP contribution in [0, 0.1) is 0 Å². The van der Waals surface area contributed by atoms with Crippen molar-refractivity contribution in [2.24, 2.45) is 0 Å². The number of benzene rings is 3. The van der Waals surface area contributed by atoms with Gasteiger partial charge in [0.2, 0.25) is 16.6 Å². The molecule has 0 fully saturated rings. The maximum atomic E-state index is 13.2. The summed E-state index contributed by atoms with van der Waals surface area (Å²) >= 11 is 0. The molecule has 5 rings (SSSR count). The Labute approximate surface area is 162 Å². The van der Waals surface area contributed by atoms with E-state index in [0.717, 1.165) is 16.8 Å². The molecule has 2 heterocycles. The molecular weight excluding hydrogens is 374 g/mol. The normalized spacial score (nSPS) is 13.1. The molecule has 0 saturated carbocycles. The van der Waals surface area contributed by atoms with Gasteiger partial charge in [0.1, 0.15) is 0 Å². The maximum Gasteiger partial charge on any atom is 0.231 e. The van der Waals surface area contributed by atoms with Crippen LogP contribution in [0.5, 0.6) is 11.5 Å². The van der Waals surface area contributed by atoms with Crippen LogP contribution in [-0.2, 0) is 16.4 Å². The van der Waals surface area contributed by atoms with Crippen LogP contribution in [0.25, 0.3) is 10.9 Å². The first-order valence-corrected chi connectivity index (χ1v) is 10.4. The fourth-order valence-electron chi connectivity index (χ4n) is 3.52. The number of para-hydroxylation sites is 1. The number of sulfone groups is 1. The molecule has 0 spiro atoms. The number of ether oxygens (including phenoxy) is 2. The van der Waals surface area contributed by atoms with E-state index in [2.05, 4.69) is 0 Å². The number of aromatic nitrogens is 1. The van der Waals surface area contributed by atoms with Crippen molar-refractivity contribution >= 4 is 20.7 Å². The Morgan fingerprint density at radius 1 is 0.857 bits per heavy atom. The zero-order chi connectivity index (χ0) is 19.1. The van der Waals surface area contributed by atoms with Gasteiger partial charge in [0.15, 0.2) is 11.5 Å². The Kier molecular flexibility index (Phi) is 3.87. The third-order valence-corrected chi connectivity index (χ3v) is 6.68. The molecule has 0 amide bonds. The van der Waals surface area contributed by atoms with Crippen molar-refractivity contribution in [1.29, 1.82) is 0 Å². The first-order valence-electron chi connectivity index (χ1n) is 8.89. The molecule has 0 N–H and O–H groups in total. The number of hydrogen-bond acceptors (Lipinski definition) is 4. The molecule has 1 aliphatic heterocycles. The molecule has 0 unspecified atom stereocenters. The van der Waals surface area contributed by atoms with E-state index >= 15 is 0 Å². The van der Waals surface area contributed by atoms with E-state index in [-0.39, 0.29) is 6.79 Å². The number of fused-ring (bicyclic) bond motifs is 2. The molecule has 1 aliphatic rings. The highest BCUT2D eigenvalue weighted by atomic mass is 32.2. The van der Waals surface area contributed by atoms with Gasteiger partial charge in [-0.25, -0.2) is 8.42 Å². The Bertz CT molecular complexity index is 1280. The summed E-state index contributed by atoms with van der Waals surface area (Å²) in [5.74, 6) is 1.44. The van der Waals surface area contributed by atoms with Crippen molar-refractivity contribution in [3.8, 4) is 11.5 Å². The van der Waals surface area contributed by atoms with Gasteiger partial charge < -0.3 is 14.0 Å². The average molecular weight is 391 g/mol. The molecule has 0 atom stereocenters. The third kappa shape index (κ3) is 2.73. The molecule has 3 aromatic carbocycles. The second-order valence-electron chi connectivity index (χ2n) is 6.64. The molecular formula is C22H17NO4S. The van der Waals surface area contributed by atoms with Crippen LogP contribution in [0.4, 0.5) is 0 Å². The van der Waals surface area contributed by atoms with Crippen molar-refractivity contribution in [2.45, 2.75) is 16.3 Å². The predicted octanol–water partition coefficient (Wildman–Crippen LogP) is 4.25. The molecule has 140 valence electrons. The lowest BCUT2D eigenvalue weighted by molar-refractivity contribution is 0.174. The molecule has 1 aromatic heterocycles. The smallest absolute Gasteiger partial charge is 0.231 e. The lowest BCUT2D eigenvalue weighted by Gasteiger charge is -2.06. The van der Waals surface area contributed by atoms with Crippen molar-refractivity contribution < 1.29 is 17.9 Å². The van der Waals surface area contributed by atoms with E-state index < -0.39 is 9.84 Å². The zero-order valence-corrected chi connectivity index (χ0v) is 15.7. The van der Waals surface area contributed by atoms with Gasteiger partial charge in [-0.1, -0.05) is 42.5 Å². The van der Waals surface area contributed by atoms with Gasteiger partial charge in [-0.15, -0.1) is 0 Å². The van der Waals surface area contributed by atoms with Crippen LogP contribution in [0.15, 0.2) is 88.8 Å². The minimum absolute atomic E-state index is 0.227. The van der Waals surface area contributed by atoms with E-state index in [1.165, 1.54) is 0 Å². The summed E-state index contributed by atoms with van der Waals surface area (Å²) in [6, 6.07) is 21.9. The Hall–Kier alpha value is -3.25. The van der Waals surface area contributed by atoms with Crippen molar-refractivity contribution in [1.82, 2.24) is 4.57 Å². The van der Waals surface area contributed by atoms with Crippen molar-refractivity contribution in [3.05, 3.63) is 84.6 Å². The van der Waals surface area contributed by atoms with E-state index in [9.17, 15) is 8.42 Å². The largest absolute Gasteiger partial charge is 0.454 e. The molecule has 4 aromatic rings. The van der Waals surface area contributed by atoms with Crippen LogP contribution in [0.2, 0.25) is 0 Å². The van der Waals surface area contributed by atoms with Gasteiger partial charge in [-0.05, 0) is 35.9 Å². The van der Waals surface area contributed by atoms with Gasteiger partial charge in [0, 0.05) is 23.6 Å². The average Bonchev–Trinajstić information content (AvgIpc) is 3.34. The van der Waals surface area contributed by atoms with Gasteiger partial charge >= 0.3 is 0 Å². The quantitative estimate of drug-likeness (QED) is 0.522. The van der Waals surface area contributed by atoms with Crippen LogP contribution in [0.1, 0.15) is 5.56 Å². The van der Waals surface area contributed by atoms with Crippen LogP contribution in [-0.4, -0.2) is 19.8 Å². The van der Waals surface area contributed by atoms with E-state index in [1.54, 1.807) is 30.5 Å². The SMILES string of the molecule is O=S(=O)(c1ccccc1)c1cn(Cc2ccc3c(c2)OCO3)c2ccccc12. The van der Waals surface area contributed by atoms with Crippen LogP contribution >= 0.6 is 0 Å². The molecule has 0 saturated heterocycles. The maximum absolute atomic E-state index is 13.2. The fraction of sp³-hybridized carbons (Fsp3) is 0.0909. The van der Waals surface area contributed by atoms with Gasteiger partial charge in [0.05, 0.1) is 9.79 Å².